The van der Waals surface area contributed by atoms with Crippen molar-refractivity contribution in [3.8, 4) is 0 Å². The lowest BCUT2D eigenvalue weighted by molar-refractivity contribution is -0.616. The first kappa shape index (κ1) is 9.45. The first-order chi connectivity index (χ1) is 6.68. The second kappa shape index (κ2) is 3.57. The molecule has 14 heavy (non-hydrogen) atoms. The molecular weight excluding hydrogens is 248 g/mol. The average molecular weight is 257 g/mol. The first-order valence-electron chi connectivity index (χ1n) is 4.37. The van der Waals surface area contributed by atoms with Gasteiger partial charge >= 0.3 is 0 Å². The van der Waals surface area contributed by atoms with E-state index in [0.29, 0.717) is 28.0 Å². The highest BCUT2D eigenvalue weighted by Crippen LogP contribution is 2.20. The summed E-state index contributed by atoms with van der Waals surface area (Å²) in [6.07, 6.45) is 2.86. The minimum absolute atomic E-state index is 0.0901. The molecule has 1 aromatic rings. The number of pyridine rings is 1. The third-order valence-corrected chi connectivity index (χ3v) is 2.85. The fourth-order valence-corrected chi connectivity index (χ4v) is 1.77. The quantitative estimate of drug-likeness (QED) is 0.431. The Labute approximate surface area is 89.9 Å². The van der Waals surface area contributed by atoms with Gasteiger partial charge in [0.15, 0.2) is 0 Å². The van der Waals surface area contributed by atoms with Crippen LogP contribution in [0.15, 0.2) is 22.9 Å². The molecule has 1 aromatic heterocycles. The molecule has 0 radical (unpaired) electrons. The molecule has 0 atom stereocenters. The molecule has 74 valence electrons. The lowest BCUT2D eigenvalue weighted by Gasteiger charge is -2.14. The van der Waals surface area contributed by atoms with Gasteiger partial charge in [0.1, 0.15) is 5.69 Å². The van der Waals surface area contributed by atoms with Gasteiger partial charge in [0.05, 0.1) is 0 Å². The lowest BCUT2D eigenvalue weighted by atomic mass is 10.4. The molecular formula is C9H9BrN2O2. The van der Waals surface area contributed by atoms with E-state index in [1.807, 2.05) is 0 Å². The molecule has 2 heterocycles. The summed E-state index contributed by atoms with van der Waals surface area (Å²) in [6, 6.07) is 3.41. The third-order valence-electron chi connectivity index (χ3n) is 2.24. The topological polar surface area (TPSA) is 47.2 Å². The van der Waals surface area contributed by atoms with Gasteiger partial charge in [-0.05, 0) is 12.5 Å². The molecule has 0 aliphatic carbocycles. The van der Waals surface area contributed by atoms with E-state index in [4.69, 9.17) is 0 Å². The Morgan fingerprint density at radius 3 is 2.86 bits per heavy atom. The zero-order valence-electron chi connectivity index (χ0n) is 7.44. The van der Waals surface area contributed by atoms with Gasteiger partial charge in [0, 0.05) is 35.0 Å². The van der Waals surface area contributed by atoms with Gasteiger partial charge in [-0.25, -0.2) is 0 Å². The first-order valence-corrected chi connectivity index (χ1v) is 5.17. The van der Waals surface area contributed by atoms with Gasteiger partial charge in [-0.2, -0.15) is 4.73 Å². The van der Waals surface area contributed by atoms with Gasteiger partial charge in [-0.3, -0.25) is 4.79 Å². The molecule has 0 N–H and O–H groups in total. The highest BCUT2D eigenvalue weighted by molar-refractivity contribution is 9.10. The Balaban J connectivity index is 2.32. The fourth-order valence-electron chi connectivity index (χ4n) is 1.53. The normalized spacial score (nSPS) is 16.4. The predicted molar refractivity (Wildman–Crippen MR) is 54.7 cm³/mol. The highest BCUT2D eigenvalue weighted by atomic mass is 79.9. The fraction of sp³-hybridized carbons (Fsp3) is 0.333. The van der Waals surface area contributed by atoms with Crippen molar-refractivity contribution in [2.75, 3.05) is 11.4 Å². The van der Waals surface area contributed by atoms with Crippen LogP contribution in [0.3, 0.4) is 0 Å². The summed E-state index contributed by atoms with van der Waals surface area (Å²) in [7, 11) is 0. The van der Waals surface area contributed by atoms with Crippen LogP contribution in [0.25, 0.3) is 0 Å². The van der Waals surface area contributed by atoms with E-state index in [2.05, 4.69) is 15.9 Å². The van der Waals surface area contributed by atoms with Crippen molar-refractivity contribution in [1.82, 2.24) is 0 Å². The summed E-state index contributed by atoms with van der Waals surface area (Å²) in [5, 5.41) is 11.2. The van der Waals surface area contributed by atoms with E-state index in [9.17, 15) is 10.0 Å². The average Bonchev–Trinajstić information content (AvgIpc) is 2.57. The molecule has 1 aliphatic heterocycles. The van der Waals surface area contributed by atoms with E-state index in [-0.39, 0.29) is 5.91 Å². The molecule has 5 heteroatoms. The summed E-state index contributed by atoms with van der Waals surface area (Å²) in [4.78, 5) is 13.0. The van der Waals surface area contributed by atoms with Crippen molar-refractivity contribution in [3.63, 3.8) is 0 Å². The molecule has 2 rings (SSSR count). The maximum absolute atomic E-state index is 11.4. The van der Waals surface area contributed by atoms with Crippen LogP contribution < -0.4 is 9.63 Å². The lowest BCUT2D eigenvalue weighted by Crippen LogP contribution is -2.31. The van der Waals surface area contributed by atoms with Gasteiger partial charge in [0.25, 0.3) is 4.60 Å². The van der Waals surface area contributed by atoms with Crippen LogP contribution in [0.5, 0.6) is 0 Å². The molecule has 1 saturated heterocycles. The number of aromatic nitrogens is 1. The number of halogens is 1. The van der Waals surface area contributed by atoms with Crippen LogP contribution in [0.4, 0.5) is 5.69 Å². The predicted octanol–water partition coefficient (Wildman–Crippen LogP) is 1.21. The van der Waals surface area contributed by atoms with Crippen LogP contribution in [-0.2, 0) is 4.79 Å². The number of anilines is 1. The molecule has 0 unspecified atom stereocenters. The van der Waals surface area contributed by atoms with E-state index < -0.39 is 0 Å². The molecule has 0 bridgehead atoms. The second-order valence-corrected chi connectivity index (χ2v) is 4.00. The summed E-state index contributed by atoms with van der Waals surface area (Å²) in [6.45, 7) is 0.709. The zero-order chi connectivity index (χ0) is 10.1. The van der Waals surface area contributed by atoms with Crippen LogP contribution in [0, 0.1) is 5.21 Å². The Hall–Kier alpha value is -1.10. The standard InChI is InChI=1S/C9H9BrN2O2/c10-8-4-3-7(6-12(8)14)11-5-1-2-9(11)13/h3-4,6H,1-2,5H2. The summed E-state index contributed by atoms with van der Waals surface area (Å²) >= 11 is 3.10. The molecule has 0 saturated carbocycles. The van der Waals surface area contributed by atoms with Gasteiger partial charge in [0.2, 0.25) is 12.1 Å². The Kier molecular flexibility index (Phi) is 2.41. The number of rotatable bonds is 1. The zero-order valence-corrected chi connectivity index (χ0v) is 9.03. The molecule has 1 amide bonds. The van der Waals surface area contributed by atoms with Gasteiger partial charge < -0.3 is 10.1 Å². The Morgan fingerprint density at radius 2 is 2.29 bits per heavy atom. The van der Waals surface area contributed by atoms with Crippen molar-refractivity contribution in [2.45, 2.75) is 12.8 Å². The van der Waals surface area contributed by atoms with E-state index in [1.165, 1.54) is 6.20 Å². The smallest absolute Gasteiger partial charge is 0.259 e. The van der Waals surface area contributed by atoms with Crippen molar-refractivity contribution >= 4 is 27.5 Å². The monoisotopic (exact) mass is 256 g/mol. The van der Waals surface area contributed by atoms with Crippen molar-refractivity contribution in [3.05, 3.63) is 28.1 Å². The largest absolute Gasteiger partial charge is 0.618 e. The molecule has 0 spiro atoms. The molecule has 4 nitrogen and oxygen atoms in total. The summed E-state index contributed by atoms with van der Waals surface area (Å²) in [5.74, 6) is 0.0901. The van der Waals surface area contributed by atoms with E-state index >= 15 is 0 Å². The molecule has 1 aliphatic rings. The molecule has 0 aromatic carbocycles. The minimum atomic E-state index is 0.0901. The minimum Gasteiger partial charge on any atom is -0.618 e. The van der Waals surface area contributed by atoms with E-state index in [1.54, 1.807) is 17.0 Å². The van der Waals surface area contributed by atoms with E-state index in [0.717, 1.165) is 6.42 Å². The van der Waals surface area contributed by atoms with Crippen LogP contribution in [-0.4, -0.2) is 12.5 Å². The number of hydrogen-bond donors (Lipinski definition) is 0. The molecule has 1 fully saturated rings. The van der Waals surface area contributed by atoms with Crippen molar-refractivity contribution in [1.29, 1.82) is 0 Å². The number of amides is 1. The van der Waals surface area contributed by atoms with Gasteiger partial charge in [-0.1, -0.05) is 0 Å². The Morgan fingerprint density at radius 1 is 1.50 bits per heavy atom. The third kappa shape index (κ3) is 1.59. The number of hydrogen-bond acceptors (Lipinski definition) is 2. The number of carbonyl (C=O) groups is 1. The highest BCUT2D eigenvalue weighted by Gasteiger charge is 2.23. The Bertz CT molecular complexity index is 381. The maximum Gasteiger partial charge on any atom is 0.259 e. The van der Waals surface area contributed by atoms with Crippen LogP contribution >= 0.6 is 15.9 Å². The number of nitrogens with zero attached hydrogens (tertiary/aromatic N) is 2. The maximum atomic E-state index is 11.4. The van der Waals surface area contributed by atoms with Crippen molar-refractivity contribution < 1.29 is 9.52 Å². The van der Waals surface area contributed by atoms with Crippen molar-refractivity contribution in [2.24, 2.45) is 0 Å². The van der Waals surface area contributed by atoms with Crippen LogP contribution in [0.1, 0.15) is 12.8 Å². The summed E-state index contributed by atoms with van der Waals surface area (Å²) in [5.41, 5.74) is 0.672. The second-order valence-electron chi connectivity index (χ2n) is 3.18. The number of carbonyl (C=O) groups excluding carboxylic acids is 1. The SMILES string of the molecule is O=C1CCCN1c1ccc(Br)[n+]([O-])c1. The summed E-state index contributed by atoms with van der Waals surface area (Å²) < 4.78 is 1.16. The van der Waals surface area contributed by atoms with Gasteiger partial charge in [-0.15, -0.1) is 0 Å². The van der Waals surface area contributed by atoms with Crippen LogP contribution in [0.2, 0.25) is 0 Å².